The van der Waals surface area contributed by atoms with Crippen molar-refractivity contribution >= 4 is 0 Å². The van der Waals surface area contributed by atoms with Crippen LogP contribution in [0.4, 0.5) is 0 Å². The molecule has 1 rings (SSSR count). The second kappa shape index (κ2) is 9.47. The van der Waals surface area contributed by atoms with E-state index >= 15 is 0 Å². The zero-order chi connectivity index (χ0) is 15.8. The van der Waals surface area contributed by atoms with Crippen molar-refractivity contribution in [3.05, 3.63) is 12.3 Å². The lowest BCUT2D eigenvalue weighted by atomic mass is 9.75. The molecule has 0 aromatic carbocycles. The Kier molecular flexibility index (Phi) is 8.35. The van der Waals surface area contributed by atoms with Crippen LogP contribution in [-0.4, -0.2) is 24.1 Å². The molecule has 0 saturated heterocycles. The fraction of sp³-hybridized carbons (Fsp3) is 0.889. The summed E-state index contributed by atoms with van der Waals surface area (Å²) in [7, 11) is 0. The van der Waals surface area contributed by atoms with Gasteiger partial charge in [0.05, 0.1) is 18.5 Å². The lowest BCUT2D eigenvalue weighted by Crippen LogP contribution is -2.34. The maximum absolute atomic E-state index is 9.67. The Morgan fingerprint density at radius 3 is 2.57 bits per heavy atom. The van der Waals surface area contributed by atoms with Crippen LogP contribution in [0.3, 0.4) is 0 Å². The van der Waals surface area contributed by atoms with Crippen LogP contribution in [-0.2, 0) is 9.47 Å². The maximum atomic E-state index is 9.67. The smallest absolute Gasteiger partial charge is 0.188 e. The molecule has 1 aliphatic rings. The van der Waals surface area contributed by atoms with Crippen LogP contribution in [0.1, 0.15) is 60.3 Å². The van der Waals surface area contributed by atoms with E-state index in [9.17, 15) is 5.11 Å². The van der Waals surface area contributed by atoms with Crippen molar-refractivity contribution in [2.45, 2.75) is 72.5 Å². The molecule has 0 aromatic heterocycles. The highest BCUT2D eigenvalue weighted by Gasteiger charge is 2.31. The van der Waals surface area contributed by atoms with Crippen molar-refractivity contribution < 1.29 is 14.6 Å². The van der Waals surface area contributed by atoms with Crippen molar-refractivity contribution in [3.63, 3.8) is 0 Å². The molecule has 1 saturated carbocycles. The maximum Gasteiger partial charge on any atom is 0.188 e. The molecule has 0 radical (unpaired) electrons. The van der Waals surface area contributed by atoms with Crippen LogP contribution < -0.4 is 0 Å². The molecule has 1 aliphatic carbocycles. The van der Waals surface area contributed by atoms with Crippen molar-refractivity contribution in [3.8, 4) is 0 Å². The minimum atomic E-state index is -0.296. The normalized spacial score (nSPS) is 29.8. The predicted octanol–water partition coefficient (Wildman–Crippen LogP) is 4.36. The molecule has 0 aromatic rings. The summed E-state index contributed by atoms with van der Waals surface area (Å²) in [5, 5.41) is 9.67. The molecule has 3 heteroatoms. The highest BCUT2D eigenvalue weighted by molar-refractivity contribution is 4.84. The molecule has 21 heavy (non-hydrogen) atoms. The fourth-order valence-electron chi connectivity index (χ4n) is 3.15. The first-order valence-electron chi connectivity index (χ1n) is 8.53. The highest BCUT2D eigenvalue weighted by atomic mass is 16.7. The van der Waals surface area contributed by atoms with E-state index in [1.807, 2.05) is 19.9 Å². The van der Waals surface area contributed by atoms with Crippen molar-refractivity contribution in [2.24, 2.45) is 23.7 Å². The average molecular weight is 298 g/mol. The van der Waals surface area contributed by atoms with E-state index in [1.165, 1.54) is 12.8 Å². The summed E-state index contributed by atoms with van der Waals surface area (Å²) in [6.07, 6.45) is 8.07. The van der Waals surface area contributed by atoms with Gasteiger partial charge in [-0.25, -0.2) is 0 Å². The van der Waals surface area contributed by atoms with E-state index in [-0.39, 0.29) is 12.0 Å². The van der Waals surface area contributed by atoms with Crippen LogP contribution in [0.25, 0.3) is 0 Å². The quantitative estimate of drug-likeness (QED) is 0.411. The molecule has 1 N–H and O–H groups in total. The first kappa shape index (κ1) is 18.5. The minimum absolute atomic E-state index is 0.119. The molecular formula is C18H34O3. The Balaban J connectivity index is 2.31. The summed E-state index contributed by atoms with van der Waals surface area (Å²) < 4.78 is 11.4. The Morgan fingerprint density at radius 1 is 1.24 bits per heavy atom. The van der Waals surface area contributed by atoms with Crippen molar-refractivity contribution in [2.75, 3.05) is 6.79 Å². The Morgan fingerprint density at radius 2 is 1.95 bits per heavy atom. The molecule has 5 atom stereocenters. The number of hydrogen-bond donors (Lipinski definition) is 1. The van der Waals surface area contributed by atoms with Gasteiger partial charge in [0.25, 0.3) is 0 Å². The van der Waals surface area contributed by atoms with Crippen LogP contribution in [0.2, 0.25) is 0 Å². The van der Waals surface area contributed by atoms with Crippen molar-refractivity contribution in [1.82, 2.24) is 0 Å². The summed E-state index contributed by atoms with van der Waals surface area (Å²) in [5.74, 6) is 2.18. The van der Waals surface area contributed by atoms with Crippen molar-refractivity contribution in [1.29, 1.82) is 0 Å². The summed E-state index contributed by atoms with van der Waals surface area (Å²) in [6, 6.07) is 0. The molecule has 3 nitrogen and oxygen atoms in total. The van der Waals surface area contributed by atoms with E-state index in [0.717, 1.165) is 18.8 Å². The summed E-state index contributed by atoms with van der Waals surface area (Å²) in [4.78, 5) is 0. The summed E-state index contributed by atoms with van der Waals surface area (Å²) in [5.41, 5.74) is 0. The first-order chi connectivity index (χ1) is 9.95. The van der Waals surface area contributed by atoms with E-state index in [2.05, 4.69) is 20.8 Å². The van der Waals surface area contributed by atoms with E-state index in [4.69, 9.17) is 9.47 Å². The van der Waals surface area contributed by atoms with Gasteiger partial charge < -0.3 is 14.6 Å². The van der Waals surface area contributed by atoms with Gasteiger partial charge >= 0.3 is 0 Å². The number of ether oxygens (including phenoxy) is 2. The summed E-state index contributed by atoms with van der Waals surface area (Å²) >= 11 is 0. The molecule has 0 amide bonds. The third kappa shape index (κ3) is 6.39. The molecule has 0 unspecified atom stereocenters. The van der Waals surface area contributed by atoms with Crippen LogP contribution in [0.5, 0.6) is 0 Å². The highest BCUT2D eigenvalue weighted by Crippen LogP contribution is 2.35. The fourth-order valence-corrected chi connectivity index (χ4v) is 3.15. The largest absolute Gasteiger partial charge is 0.475 e. The Hall–Kier alpha value is -0.540. The summed E-state index contributed by atoms with van der Waals surface area (Å²) in [6.45, 7) is 11.2. The number of rotatable bonds is 8. The van der Waals surface area contributed by atoms with Crippen LogP contribution in [0.15, 0.2) is 12.3 Å². The molecule has 0 spiro atoms. The first-order valence-corrected chi connectivity index (χ1v) is 8.53. The van der Waals surface area contributed by atoms with E-state index < -0.39 is 0 Å². The number of aliphatic hydroxyl groups is 1. The third-order valence-electron chi connectivity index (χ3n) is 4.82. The van der Waals surface area contributed by atoms with E-state index in [0.29, 0.717) is 24.7 Å². The number of aliphatic hydroxyl groups excluding tert-OH is 1. The lowest BCUT2D eigenvalue weighted by molar-refractivity contribution is -0.106. The topological polar surface area (TPSA) is 38.7 Å². The standard InChI is InChI=1S/C18H34O3/c1-6-17(19)15(5)9-10-20-12-21-18-11-14(4)7-8-16(18)13(2)3/h9-10,13-19H,6-8,11-12H2,1-5H3/b10-9-/t14-,15-,16+,17+,18-/m1/s1. The van der Waals surface area contributed by atoms with Crippen LogP contribution in [0, 0.1) is 23.7 Å². The lowest BCUT2D eigenvalue weighted by Gasteiger charge is -2.36. The molecule has 0 heterocycles. The number of hydrogen-bond acceptors (Lipinski definition) is 3. The van der Waals surface area contributed by atoms with E-state index in [1.54, 1.807) is 6.26 Å². The Bertz CT molecular complexity index is 301. The predicted molar refractivity (Wildman–Crippen MR) is 86.8 cm³/mol. The second-order valence-corrected chi connectivity index (χ2v) is 6.98. The van der Waals surface area contributed by atoms with Gasteiger partial charge in [0.2, 0.25) is 0 Å². The second-order valence-electron chi connectivity index (χ2n) is 6.98. The molecule has 1 fully saturated rings. The van der Waals surface area contributed by atoms with Crippen LogP contribution >= 0.6 is 0 Å². The van der Waals surface area contributed by atoms with Gasteiger partial charge in [-0.1, -0.05) is 41.0 Å². The Labute approximate surface area is 130 Å². The van der Waals surface area contributed by atoms with Gasteiger partial charge in [-0.05, 0) is 43.1 Å². The minimum Gasteiger partial charge on any atom is -0.475 e. The van der Waals surface area contributed by atoms with Gasteiger partial charge in [-0.2, -0.15) is 0 Å². The van der Waals surface area contributed by atoms with Gasteiger partial charge in [-0.3, -0.25) is 0 Å². The SMILES string of the molecule is CC[C@H](O)[C@H](C)/C=C\OCO[C@@H]1C[C@H](C)CC[C@H]1C(C)C. The van der Waals surface area contributed by atoms with Gasteiger partial charge in [0.1, 0.15) is 0 Å². The van der Waals surface area contributed by atoms with Gasteiger partial charge in [0.15, 0.2) is 6.79 Å². The molecular weight excluding hydrogens is 264 g/mol. The van der Waals surface area contributed by atoms with Gasteiger partial charge in [0, 0.05) is 5.92 Å². The zero-order valence-electron chi connectivity index (χ0n) is 14.4. The average Bonchev–Trinajstić information content (AvgIpc) is 2.45. The molecule has 0 bridgehead atoms. The zero-order valence-corrected chi connectivity index (χ0v) is 14.4. The molecule has 124 valence electrons. The third-order valence-corrected chi connectivity index (χ3v) is 4.82. The molecule has 0 aliphatic heterocycles. The monoisotopic (exact) mass is 298 g/mol. The van der Waals surface area contributed by atoms with Gasteiger partial charge in [-0.15, -0.1) is 0 Å².